The Kier molecular flexibility index (Phi) is 5.82. The number of halogens is 1. The van der Waals surface area contributed by atoms with E-state index in [9.17, 15) is 14.4 Å². The van der Waals surface area contributed by atoms with Gasteiger partial charge in [0.2, 0.25) is 17.7 Å². The topological polar surface area (TPSA) is 96.5 Å². The molecule has 0 radical (unpaired) electrons. The van der Waals surface area contributed by atoms with E-state index >= 15 is 0 Å². The number of anilines is 3. The molecule has 0 bridgehead atoms. The fourth-order valence-electron chi connectivity index (χ4n) is 4.28. The van der Waals surface area contributed by atoms with Crippen LogP contribution in [0.1, 0.15) is 30.5 Å². The predicted molar refractivity (Wildman–Crippen MR) is 128 cm³/mol. The van der Waals surface area contributed by atoms with Gasteiger partial charge in [-0.3, -0.25) is 14.4 Å². The summed E-state index contributed by atoms with van der Waals surface area (Å²) >= 11 is 6.32. The van der Waals surface area contributed by atoms with Gasteiger partial charge in [0.25, 0.3) is 0 Å². The van der Waals surface area contributed by atoms with Gasteiger partial charge in [0, 0.05) is 30.8 Å². The highest BCUT2D eigenvalue weighted by molar-refractivity contribution is 6.33. The molecule has 8 heteroatoms. The molecule has 0 saturated heterocycles. The summed E-state index contributed by atoms with van der Waals surface area (Å²) in [6.45, 7) is 2.87. The van der Waals surface area contributed by atoms with Gasteiger partial charge >= 0.3 is 0 Å². The first kappa shape index (κ1) is 22.4. The summed E-state index contributed by atoms with van der Waals surface area (Å²) in [6.07, 6.45) is 0. The van der Waals surface area contributed by atoms with Crippen LogP contribution in [0.4, 0.5) is 17.1 Å². The van der Waals surface area contributed by atoms with Crippen LogP contribution in [-0.2, 0) is 19.8 Å². The van der Waals surface area contributed by atoms with Crippen LogP contribution in [0.5, 0.6) is 5.75 Å². The fraction of sp³-hybridized carbons (Fsp3) is 0.160. The number of rotatable bonds is 5. The molecule has 0 unspecified atom stereocenters. The third kappa shape index (κ3) is 3.81. The van der Waals surface area contributed by atoms with Crippen molar-refractivity contribution in [3.05, 3.63) is 82.4 Å². The first-order valence-electron chi connectivity index (χ1n) is 10.2. The van der Waals surface area contributed by atoms with Crippen LogP contribution in [0.2, 0.25) is 5.02 Å². The predicted octanol–water partition coefficient (Wildman–Crippen LogP) is 4.55. The molecule has 0 aliphatic carbocycles. The van der Waals surface area contributed by atoms with E-state index in [4.69, 9.17) is 16.3 Å². The largest absolute Gasteiger partial charge is 0.493 e. The molecule has 0 saturated carbocycles. The molecule has 0 fully saturated rings. The van der Waals surface area contributed by atoms with Crippen LogP contribution in [-0.4, -0.2) is 24.8 Å². The lowest BCUT2D eigenvalue weighted by atomic mass is 9.70. The molecule has 33 heavy (non-hydrogen) atoms. The lowest BCUT2D eigenvalue weighted by Gasteiger charge is -2.29. The Morgan fingerprint density at radius 3 is 1.76 bits per heavy atom. The minimum atomic E-state index is -1.20. The van der Waals surface area contributed by atoms with Crippen LogP contribution >= 0.6 is 11.6 Å². The quantitative estimate of drug-likeness (QED) is 0.517. The maximum absolute atomic E-state index is 13.7. The number of hydrogen-bond donors (Lipinski definition) is 3. The average Bonchev–Trinajstić information content (AvgIpc) is 3.06. The van der Waals surface area contributed by atoms with Gasteiger partial charge in [-0.1, -0.05) is 41.9 Å². The Morgan fingerprint density at radius 2 is 1.33 bits per heavy atom. The Labute approximate surface area is 196 Å². The summed E-state index contributed by atoms with van der Waals surface area (Å²) in [5, 5.41) is 8.81. The summed E-state index contributed by atoms with van der Waals surface area (Å²) in [5.74, 6) is -0.254. The van der Waals surface area contributed by atoms with E-state index in [0.29, 0.717) is 44.5 Å². The molecule has 0 atom stereocenters. The molecular weight excluding hydrogens is 442 g/mol. The maximum Gasteiger partial charge on any atom is 0.244 e. The highest BCUT2D eigenvalue weighted by Gasteiger charge is 2.51. The van der Waals surface area contributed by atoms with Crippen molar-refractivity contribution in [3.63, 3.8) is 0 Å². The molecule has 0 aromatic heterocycles. The van der Waals surface area contributed by atoms with Crippen molar-refractivity contribution >= 4 is 46.4 Å². The van der Waals surface area contributed by atoms with E-state index in [1.807, 2.05) is 30.3 Å². The van der Waals surface area contributed by atoms with Gasteiger partial charge in [-0.25, -0.2) is 0 Å². The van der Waals surface area contributed by atoms with Crippen molar-refractivity contribution in [1.29, 1.82) is 0 Å². The van der Waals surface area contributed by atoms with Crippen molar-refractivity contribution in [1.82, 2.24) is 0 Å². The molecule has 3 aromatic rings. The fourth-order valence-corrected chi connectivity index (χ4v) is 4.51. The number of carbonyl (C=O) groups is 3. The second-order valence-corrected chi connectivity index (χ2v) is 8.13. The van der Waals surface area contributed by atoms with E-state index in [0.717, 1.165) is 0 Å². The highest BCUT2D eigenvalue weighted by atomic mass is 35.5. The number of ether oxygens (including phenoxy) is 1. The van der Waals surface area contributed by atoms with E-state index in [1.54, 1.807) is 30.3 Å². The van der Waals surface area contributed by atoms with Crippen molar-refractivity contribution in [3.8, 4) is 5.75 Å². The van der Waals surface area contributed by atoms with Gasteiger partial charge in [-0.2, -0.15) is 0 Å². The SMILES string of the molecule is COc1c(Cl)ccc2c1NC(=O)C2(c1ccc(NC(C)=O)cc1)c1ccc(NC(C)=O)cc1. The molecule has 3 amide bonds. The Bertz CT molecular complexity index is 1190. The third-order valence-electron chi connectivity index (χ3n) is 5.57. The zero-order valence-electron chi connectivity index (χ0n) is 18.3. The molecule has 1 heterocycles. The zero-order valence-corrected chi connectivity index (χ0v) is 19.0. The molecule has 1 aliphatic heterocycles. The molecule has 7 nitrogen and oxygen atoms in total. The summed E-state index contributed by atoms with van der Waals surface area (Å²) in [6, 6.07) is 17.8. The van der Waals surface area contributed by atoms with E-state index in [-0.39, 0.29) is 17.7 Å². The second-order valence-electron chi connectivity index (χ2n) is 7.72. The lowest BCUT2D eigenvalue weighted by molar-refractivity contribution is -0.118. The summed E-state index contributed by atoms with van der Waals surface area (Å²) in [7, 11) is 1.50. The van der Waals surface area contributed by atoms with Crippen molar-refractivity contribution in [2.75, 3.05) is 23.1 Å². The molecule has 1 aliphatic rings. The molecule has 3 aromatic carbocycles. The molecule has 4 rings (SSSR count). The van der Waals surface area contributed by atoms with Gasteiger partial charge < -0.3 is 20.7 Å². The zero-order chi connectivity index (χ0) is 23.8. The molecule has 3 N–H and O–H groups in total. The minimum Gasteiger partial charge on any atom is -0.493 e. The maximum atomic E-state index is 13.7. The van der Waals surface area contributed by atoms with Crippen LogP contribution in [0, 0.1) is 0 Å². The number of carbonyl (C=O) groups excluding carboxylic acids is 3. The Morgan fingerprint density at radius 1 is 0.848 bits per heavy atom. The normalized spacial score (nSPS) is 13.6. The minimum absolute atomic E-state index is 0.186. The summed E-state index contributed by atoms with van der Waals surface area (Å²) < 4.78 is 5.49. The number of amides is 3. The van der Waals surface area contributed by atoms with Crippen LogP contribution < -0.4 is 20.7 Å². The average molecular weight is 464 g/mol. The van der Waals surface area contributed by atoms with Crippen molar-refractivity contribution in [2.24, 2.45) is 0 Å². The lowest BCUT2D eigenvalue weighted by Crippen LogP contribution is -2.37. The number of fused-ring (bicyclic) bond motifs is 1. The Hall–Kier alpha value is -3.84. The number of benzene rings is 3. The van der Waals surface area contributed by atoms with E-state index in [2.05, 4.69) is 16.0 Å². The highest BCUT2D eigenvalue weighted by Crippen LogP contribution is 2.52. The first-order valence-corrected chi connectivity index (χ1v) is 10.6. The molecule has 168 valence electrons. The van der Waals surface area contributed by atoms with Crippen LogP contribution in [0.3, 0.4) is 0 Å². The van der Waals surface area contributed by atoms with Crippen LogP contribution in [0.25, 0.3) is 0 Å². The van der Waals surface area contributed by atoms with Gasteiger partial charge in [0.1, 0.15) is 5.41 Å². The molecule has 0 spiro atoms. The van der Waals surface area contributed by atoms with Crippen molar-refractivity contribution in [2.45, 2.75) is 19.3 Å². The molecular formula is C25H22ClN3O4. The van der Waals surface area contributed by atoms with Gasteiger partial charge in [-0.05, 0) is 41.5 Å². The van der Waals surface area contributed by atoms with E-state index < -0.39 is 5.41 Å². The third-order valence-corrected chi connectivity index (χ3v) is 5.87. The second kappa shape index (κ2) is 8.60. The standard InChI is InChI=1S/C25H22ClN3O4/c1-14(30)27-18-8-4-16(5-9-18)25(17-6-10-19(11-7-17)28-15(2)31)20-12-13-21(26)23(33-3)22(20)29-24(25)32/h4-13H,1-3H3,(H,27,30)(H,28,31)(H,29,32). The summed E-state index contributed by atoms with van der Waals surface area (Å²) in [4.78, 5) is 36.6. The first-order chi connectivity index (χ1) is 15.8. The van der Waals surface area contributed by atoms with Crippen molar-refractivity contribution < 1.29 is 19.1 Å². The number of hydrogen-bond acceptors (Lipinski definition) is 4. The Balaban J connectivity index is 1.94. The van der Waals surface area contributed by atoms with Crippen LogP contribution in [0.15, 0.2) is 60.7 Å². The number of nitrogens with one attached hydrogen (secondary N) is 3. The smallest absolute Gasteiger partial charge is 0.244 e. The monoisotopic (exact) mass is 463 g/mol. The van der Waals surface area contributed by atoms with Gasteiger partial charge in [-0.15, -0.1) is 0 Å². The number of methoxy groups -OCH3 is 1. The summed E-state index contributed by atoms with van der Waals surface area (Å²) in [5.41, 5.74) is 2.63. The van der Waals surface area contributed by atoms with E-state index in [1.165, 1.54) is 21.0 Å². The van der Waals surface area contributed by atoms with Gasteiger partial charge in [0.15, 0.2) is 5.75 Å². The van der Waals surface area contributed by atoms with Gasteiger partial charge in [0.05, 0.1) is 17.8 Å².